The number of rotatable bonds is 2. The molecule has 7 heteroatoms. The van der Waals surface area contributed by atoms with Gasteiger partial charge in [-0.05, 0) is 32.0 Å². The minimum Gasteiger partial charge on any atom is -0.360 e. The van der Waals surface area contributed by atoms with E-state index in [1.165, 1.54) is 0 Å². The molecule has 0 aliphatic carbocycles. The molecular formula is C17H16N4O3. The van der Waals surface area contributed by atoms with Crippen LogP contribution in [0.25, 0.3) is 10.9 Å². The highest BCUT2D eigenvalue weighted by molar-refractivity contribution is 6.07. The smallest absolute Gasteiger partial charge is 0.268 e. The van der Waals surface area contributed by atoms with E-state index in [4.69, 9.17) is 4.52 Å². The zero-order chi connectivity index (χ0) is 16.8. The third kappa shape index (κ3) is 2.25. The lowest BCUT2D eigenvalue weighted by atomic mass is 10.1. The van der Waals surface area contributed by atoms with Crippen LogP contribution >= 0.6 is 0 Å². The first kappa shape index (κ1) is 14.5. The second kappa shape index (κ2) is 5.23. The van der Waals surface area contributed by atoms with E-state index >= 15 is 0 Å². The molecule has 3 heterocycles. The Labute approximate surface area is 137 Å². The lowest BCUT2D eigenvalue weighted by Gasteiger charge is -2.24. The summed E-state index contributed by atoms with van der Waals surface area (Å²) in [7, 11) is 0. The molecule has 3 aromatic rings. The predicted octanol–water partition coefficient (Wildman–Crippen LogP) is 2.49. The van der Waals surface area contributed by atoms with E-state index in [0.717, 1.165) is 10.9 Å². The molecule has 0 fully saturated rings. The molecule has 2 N–H and O–H groups in total. The van der Waals surface area contributed by atoms with Crippen molar-refractivity contribution in [2.45, 2.75) is 19.9 Å². The third-order valence-electron chi connectivity index (χ3n) is 4.20. The molecule has 1 unspecified atom stereocenters. The van der Waals surface area contributed by atoms with E-state index in [1.807, 2.05) is 23.6 Å². The lowest BCUT2D eigenvalue weighted by molar-refractivity contribution is 0.0919. The van der Waals surface area contributed by atoms with Crippen LogP contribution in [0.15, 0.2) is 34.9 Å². The SMILES string of the molecule is Cc1cc(NC(=O)c2ccc3cc4n(c3c2)C(C)CNC4=O)no1. The number of benzene rings is 1. The maximum Gasteiger partial charge on any atom is 0.268 e. The summed E-state index contributed by atoms with van der Waals surface area (Å²) in [5, 5.41) is 10.3. The van der Waals surface area contributed by atoms with Gasteiger partial charge in [0.2, 0.25) is 0 Å². The summed E-state index contributed by atoms with van der Waals surface area (Å²) in [4.78, 5) is 24.5. The Kier molecular flexibility index (Phi) is 3.16. The first-order chi connectivity index (χ1) is 11.5. The van der Waals surface area contributed by atoms with Crippen LogP contribution in [0.1, 0.15) is 39.6 Å². The number of nitrogens with zero attached hydrogens (tertiary/aromatic N) is 2. The fraction of sp³-hybridized carbons (Fsp3) is 0.235. The van der Waals surface area contributed by atoms with E-state index in [1.54, 1.807) is 25.1 Å². The summed E-state index contributed by atoms with van der Waals surface area (Å²) in [6.07, 6.45) is 0. The summed E-state index contributed by atoms with van der Waals surface area (Å²) in [5.74, 6) is 0.644. The van der Waals surface area contributed by atoms with E-state index in [-0.39, 0.29) is 17.9 Å². The quantitative estimate of drug-likeness (QED) is 0.758. The summed E-state index contributed by atoms with van der Waals surface area (Å²) in [6.45, 7) is 4.37. The molecule has 1 aliphatic heterocycles. The zero-order valence-electron chi connectivity index (χ0n) is 13.3. The van der Waals surface area contributed by atoms with Gasteiger partial charge in [-0.15, -0.1) is 0 Å². The van der Waals surface area contributed by atoms with Crippen LogP contribution < -0.4 is 10.6 Å². The summed E-state index contributed by atoms with van der Waals surface area (Å²) < 4.78 is 6.92. The topological polar surface area (TPSA) is 89.2 Å². The number of nitrogens with one attached hydrogen (secondary N) is 2. The minimum absolute atomic E-state index is 0.0895. The van der Waals surface area contributed by atoms with Gasteiger partial charge in [-0.2, -0.15) is 0 Å². The highest BCUT2D eigenvalue weighted by Gasteiger charge is 2.24. The van der Waals surface area contributed by atoms with Crippen molar-refractivity contribution in [3.63, 3.8) is 0 Å². The average molecular weight is 324 g/mol. The van der Waals surface area contributed by atoms with Crippen molar-refractivity contribution in [1.82, 2.24) is 15.0 Å². The normalized spacial score (nSPS) is 16.8. The van der Waals surface area contributed by atoms with Crippen LogP contribution in [0.4, 0.5) is 5.82 Å². The van der Waals surface area contributed by atoms with Gasteiger partial charge < -0.3 is 19.7 Å². The molecule has 0 radical (unpaired) electrons. The molecule has 2 aromatic heterocycles. The fourth-order valence-electron chi connectivity index (χ4n) is 3.05. The zero-order valence-corrected chi connectivity index (χ0v) is 13.3. The molecule has 24 heavy (non-hydrogen) atoms. The van der Waals surface area contributed by atoms with Crippen molar-refractivity contribution in [1.29, 1.82) is 0 Å². The van der Waals surface area contributed by atoms with Crippen LogP contribution in [-0.4, -0.2) is 28.1 Å². The van der Waals surface area contributed by atoms with Gasteiger partial charge >= 0.3 is 0 Å². The van der Waals surface area contributed by atoms with Crippen LogP contribution in [0.2, 0.25) is 0 Å². The molecule has 0 saturated carbocycles. The first-order valence-corrected chi connectivity index (χ1v) is 7.71. The molecule has 122 valence electrons. The molecule has 4 rings (SSSR count). The van der Waals surface area contributed by atoms with Crippen LogP contribution in [0, 0.1) is 6.92 Å². The highest BCUT2D eigenvalue weighted by Crippen LogP contribution is 2.27. The van der Waals surface area contributed by atoms with Crippen molar-refractivity contribution in [2.24, 2.45) is 0 Å². The van der Waals surface area contributed by atoms with Crippen molar-refractivity contribution >= 4 is 28.5 Å². The maximum absolute atomic E-state index is 12.4. The molecule has 0 spiro atoms. The second-order valence-corrected chi connectivity index (χ2v) is 6.01. The van der Waals surface area contributed by atoms with Gasteiger partial charge in [0.05, 0.1) is 0 Å². The molecule has 1 aliphatic rings. The Hall–Kier alpha value is -3.09. The van der Waals surface area contributed by atoms with Gasteiger partial charge in [0, 0.05) is 35.1 Å². The molecular weight excluding hydrogens is 308 g/mol. The Morgan fingerprint density at radius 2 is 2.21 bits per heavy atom. The van der Waals surface area contributed by atoms with Gasteiger partial charge in [-0.25, -0.2) is 0 Å². The molecule has 2 amide bonds. The number of hydrogen-bond acceptors (Lipinski definition) is 4. The van der Waals surface area contributed by atoms with Gasteiger partial charge in [-0.3, -0.25) is 9.59 Å². The van der Waals surface area contributed by atoms with E-state index in [9.17, 15) is 9.59 Å². The molecule has 1 aromatic carbocycles. The number of aromatic nitrogens is 2. The lowest BCUT2D eigenvalue weighted by Crippen LogP contribution is -2.37. The minimum atomic E-state index is -0.270. The van der Waals surface area contributed by atoms with Crippen molar-refractivity contribution < 1.29 is 14.1 Å². The number of hydrogen-bond donors (Lipinski definition) is 2. The number of anilines is 1. The molecule has 7 nitrogen and oxygen atoms in total. The van der Waals surface area contributed by atoms with Crippen LogP contribution in [-0.2, 0) is 0 Å². The van der Waals surface area contributed by atoms with Crippen molar-refractivity contribution in [3.05, 3.63) is 47.3 Å². The van der Waals surface area contributed by atoms with E-state index < -0.39 is 0 Å². The Morgan fingerprint density at radius 1 is 1.38 bits per heavy atom. The number of aryl methyl sites for hydroxylation is 1. The largest absolute Gasteiger partial charge is 0.360 e. The Balaban J connectivity index is 1.74. The molecule has 0 bridgehead atoms. The van der Waals surface area contributed by atoms with Crippen LogP contribution in [0.5, 0.6) is 0 Å². The van der Waals surface area contributed by atoms with Gasteiger partial charge in [-0.1, -0.05) is 11.2 Å². The third-order valence-corrected chi connectivity index (χ3v) is 4.20. The van der Waals surface area contributed by atoms with Crippen LogP contribution in [0.3, 0.4) is 0 Å². The number of carbonyl (C=O) groups is 2. The van der Waals surface area contributed by atoms with E-state index in [0.29, 0.717) is 29.4 Å². The van der Waals surface area contributed by atoms with E-state index in [2.05, 4.69) is 15.8 Å². The second-order valence-electron chi connectivity index (χ2n) is 6.01. The number of amides is 2. The average Bonchev–Trinajstić information content (AvgIpc) is 3.14. The fourth-order valence-corrected chi connectivity index (χ4v) is 3.05. The standard InChI is InChI=1S/C17H16N4O3/c1-9-8-18-17(23)14-6-11-3-4-12(7-13(11)21(9)14)16(22)19-15-5-10(2)24-20-15/h3-7,9H,8H2,1-2H3,(H,18,23)(H,19,20,22). The summed E-state index contributed by atoms with van der Waals surface area (Å²) in [5.41, 5.74) is 1.99. The maximum atomic E-state index is 12.4. The Bertz CT molecular complexity index is 970. The summed E-state index contributed by atoms with van der Waals surface area (Å²) in [6, 6.07) is 9.02. The van der Waals surface area contributed by atoms with Crippen molar-refractivity contribution in [2.75, 3.05) is 11.9 Å². The Morgan fingerprint density at radius 3 is 2.96 bits per heavy atom. The van der Waals surface area contributed by atoms with Gasteiger partial charge in [0.1, 0.15) is 11.5 Å². The molecule has 0 saturated heterocycles. The predicted molar refractivity (Wildman–Crippen MR) is 88.2 cm³/mol. The number of carbonyl (C=O) groups excluding carboxylic acids is 2. The van der Waals surface area contributed by atoms with Gasteiger partial charge in [0.15, 0.2) is 5.82 Å². The van der Waals surface area contributed by atoms with Crippen molar-refractivity contribution in [3.8, 4) is 0 Å². The number of fused-ring (bicyclic) bond motifs is 3. The monoisotopic (exact) mass is 324 g/mol. The highest BCUT2D eigenvalue weighted by atomic mass is 16.5. The summed E-state index contributed by atoms with van der Waals surface area (Å²) >= 11 is 0. The molecule has 1 atom stereocenters. The first-order valence-electron chi connectivity index (χ1n) is 7.71. The van der Waals surface area contributed by atoms with Gasteiger partial charge in [0.25, 0.3) is 11.8 Å².